The van der Waals surface area contributed by atoms with Crippen LogP contribution in [0.25, 0.3) is 10.8 Å². The second-order valence-electron chi connectivity index (χ2n) is 5.92. The molecule has 6 nitrogen and oxygen atoms in total. The van der Waals surface area contributed by atoms with Crippen LogP contribution in [-0.4, -0.2) is 36.1 Å². The quantitative estimate of drug-likeness (QED) is 0.427. The first kappa shape index (κ1) is 19.6. The van der Waals surface area contributed by atoms with E-state index in [1.54, 1.807) is 12.1 Å². The van der Waals surface area contributed by atoms with Gasteiger partial charge in [-0.2, -0.15) is 21.6 Å². The summed E-state index contributed by atoms with van der Waals surface area (Å²) in [5.41, 5.74) is -6.02. The molecule has 2 aromatic rings. The van der Waals surface area contributed by atoms with Crippen LogP contribution in [0.15, 0.2) is 35.2 Å². The molecule has 27 heavy (non-hydrogen) atoms. The van der Waals surface area contributed by atoms with Crippen molar-refractivity contribution < 1.29 is 35.5 Å². The molecule has 1 aliphatic heterocycles. The number of amides is 2. The Morgan fingerprint density at radius 1 is 1.07 bits per heavy atom. The van der Waals surface area contributed by atoms with E-state index >= 15 is 0 Å². The van der Waals surface area contributed by atoms with Crippen molar-refractivity contribution in [1.29, 1.82) is 0 Å². The fraction of sp³-hybridized carbons (Fsp3) is 0.250. The number of imide groups is 1. The molecule has 0 radical (unpaired) electrons. The number of alkyl halides is 3. The van der Waals surface area contributed by atoms with Crippen molar-refractivity contribution >= 4 is 44.5 Å². The molecule has 0 spiro atoms. The number of rotatable bonds is 4. The molecule has 2 amide bonds. The molecule has 0 fully saturated rings. The number of nitrogens with zero attached hydrogens (tertiary/aromatic N) is 1. The van der Waals surface area contributed by atoms with Crippen molar-refractivity contribution in [3.05, 3.63) is 41.5 Å². The molecular formula is C16H12F3NO5S2. The van der Waals surface area contributed by atoms with Crippen LogP contribution in [0.1, 0.15) is 34.6 Å². The number of benzene rings is 2. The van der Waals surface area contributed by atoms with Crippen molar-refractivity contribution in [2.75, 3.05) is 0 Å². The van der Waals surface area contributed by atoms with Crippen molar-refractivity contribution in [1.82, 2.24) is 5.06 Å². The van der Waals surface area contributed by atoms with E-state index < -0.39 is 27.4 Å². The lowest BCUT2D eigenvalue weighted by Crippen LogP contribution is -2.44. The van der Waals surface area contributed by atoms with Gasteiger partial charge in [0, 0.05) is 15.5 Å². The van der Waals surface area contributed by atoms with Crippen LogP contribution in [0, 0.1) is 0 Å². The Kier molecular flexibility index (Phi) is 4.73. The third kappa shape index (κ3) is 3.42. The Balaban J connectivity index is 2.16. The summed E-state index contributed by atoms with van der Waals surface area (Å²) in [6.07, 6.45) is 0. The van der Waals surface area contributed by atoms with E-state index in [1.165, 1.54) is 30.0 Å². The number of hydrogen-bond donors (Lipinski definition) is 0. The average molecular weight is 419 g/mol. The van der Waals surface area contributed by atoms with Gasteiger partial charge in [0.05, 0.1) is 11.1 Å². The van der Waals surface area contributed by atoms with E-state index in [1.807, 2.05) is 13.8 Å². The van der Waals surface area contributed by atoms with Crippen LogP contribution in [0.3, 0.4) is 0 Å². The second-order valence-corrected chi connectivity index (χ2v) is 9.09. The highest BCUT2D eigenvalue weighted by Gasteiger charge is 2.51. The minimum atomic E-state index is -6.18. The topological polar surface area (TPSA) is 80.8 Å². The van der Waals surface area contributed by atoms with Gasteiger partial charge in [-0.25, -0.2) is 0 Å². The minimum Gasteiger partial charge on any atom is -0.266 e. The lowest BCUT2D eigenvalue weighted by Gasteiger charge is -2.26. The van der Waals surface area contributed by atoms with Gasteiger partial charge in [0.2, 0.25) is 0 Å². The van der Waals surface area contributed by atoms with Crippen LogP contribution in [0.2, 0.25) is 0 Å². The molecule has 0 aromatic heterocycles. The molecule has 144 valence electrons. The molecule has 3 rings (SSSR count). The average Bonchev–Trinajstić information content (AvgIpc) is 2.54. The first-order chi connectivity index (χ1) is 12.4. The predicted molar refractivity (Wildman–Crippen MR) is 91.5 cm³/mol. The molecule has 1 aliphatic rings. The monoisotopic (exact) mass is 419 g/mol. The van der Waals surface area contributed by atoms with Gasteiger partial charge >= 0.3 is 15.6 Å². The predicted octanol–water partition coefficient (Wildman–Crippen LogP) is 3.72. The SMILES string of the molecule is CC(C)Sc1cc2c3c(cccc3c1)C(=O)N(OS(=O)(=O)C(F)(F)F)C2=O. The zero-order valence-corrected chi connectivity index (χ0v) is 15.5. The van der Waals surface area contributed by atoms with Gasteiger partial charge in [-0.05, 0) is 23.6 Å². The smallest absolute Gasteiger partial charge is 0.266 e. The van der Waals surface area contributed by atoms with Crippen molar-refractivity contribution in [3.8, 4) is 0 Å². The molecule has 0 unspecified atom stereocenters. The number of thioether (sulfide) groups is 1. The van der Waals surface area contributed by atoms with Gasteiger partial charge in [-0.1, -0.05) is 26.0 Å². The molecule has 11 heteroatoms. The number of hydrogen-bond acceptors (Lipinski definition) is 6. The lowest BCUT2D eigenvalue weighted by atomic mass is 9.95. The molecule has 0 aliphatic carbocycles. The maximum absolute atomic E-state index is 12.6. The van der Waals surface area contributed by atoms with Crippen molar-refractivity contribution in [2.24, 2.45) is 0 Å². The van der Waals surface area contributed by atoms with E-state index in [-0.39, 0.29) is 26.8 Å². The summed E-state index contributed by atoms with van der Waals surface area (Å²) in [5.74, 6) is -2.56. The largest absolute Gasteiger partial charge is 0.525 e. The van der Waals surface area contributed by atoms with Crippen molar-refractivity contribution in [2.45, 2.75) is 29.5 Å². The number of halogens is 3. The van der Waals surface area contributed by atoms with Gasteiger partial charge in [0.1, 0.15) is 0 Å². The fourth-order valence-electron chi connectivity index (χ4n) is 2.61. The van der Waals surface area contributed by atoms with Gasteiger partial charge in [0.25, 0.3) is 11.8 Å². The fourth-order valence-corrected chi connectivity index (χ4v) is 3.95. The van der Waals surface area contributed by atoms with E-state index in [9.17, 15) is 31.2 Å². The molecule has 0 atom stereocenters. The maximum Gasteiger partial charge on any atom is 0.525 e. The Morgan fingerprint density at radius 3 is 2.30 bits per heavy atom. The second kappa shape index (κ2) is 6.50. The van der Waals surface area contributed by atoms with Crippen molar-refractivity contribution in [3.63, 3.8) is 0 Å². The standard InChI is InChI=1S/C16H12F3NO5S2/c1-8(2)26-10-6-9-4-3-5-11-13(9)12(7-10)15(22)20(14(11)21)25-27(23,24)16(17,18)19/h3-8H,1-2H3. The Bertz CT molecular complexity index is 1060. The Morgan fingerprint density at radius 2 is 1.70 bits per heavy atom. The summed E-state index contributed by atoms with van der Waals surface area (Å²) >= 11 is 1.40. The Labute approximate surface area is 156 Å². The lowest BCUT2D eigenvalue weighted by molar-refractivity contribution is -0.0761. The third-order valence-corrected chi connectivity index (χ3v) is 5.50. The van der Waals surface area contributed by atoms with Crippen LogP contribution >= 0.6 is 11.8 Å². The Hall–Kier alpha value is -2.11. The highest BCUT2D eigenvalue weighted by atomic mass is 32.2. The highest BCUT2D eigenvalue weighted by molar-refractivity contribution is 7.99. The van der Waals surface area contributed by atoms with E-state index in [4.69, 9.17) is 0 Å². The summed E-state index contributed by atoms with van der Waals surface area (Å²) in [5, 5.41) is 0.568. The first-order valence-corrected chi connectivity index (χ1v) is 9.84. The number of hydroxylamine groups is 2. The maximum atomic E-state index is 12.6. The number of carbonyl (C=O) groups excluding carboxylic acids is 2. The van der Waals surface area contributed by atoms with Crippen LogP contribution in [0.5, 0.6) is 0 Å². The van der Waals surface area contributed by atoms with E-state index in [0.717, 1.165) is 0 Å². The summed E-state index contributed by atoms with van der Waals surface area (Å²) in [4.78, 5) is 25.7. The third-order valence-electron chi connectivity index (χ3n) is 3.61. The zero-order chi connectivity index (χ0) is 20.1. The molecule has 0 saturated carbocycles. The summed E-state index contributed by atoms with van der Waals surface area (Å²) in [7, 11) is -6.18. The van der Waals surface area contributed by atoms with E-state index in [2.05, 4.69) is 4.28 Å². The molecule has 0 N–H and O–H groups in total. The molecule has 1 heterocycles. The summed E-state index contributed by atoms with van der Waals surface area (Å²) in [6, 6.07) is 7.57. The van der Waals surface area contributed by atoms with Gasteiger partial charge in [-0.15, -0.1) is 21.1 Å². The minimum absolute atomic E-state index is 0.108. The normalized spacial score (nSPS) is 15.1. The molecule has 0 saturated heterocycles. The molecule has 2 aromatic carbocycles. The van der Waals surface area contributed by atoms with Gasteiger partial charge in [-0.3, -0.25) is 9.59 Å². The van der Waals surface area contributed by atoms with Crippen LogP contribution < -0.4 is 0 Å². The van der Waals surface area contributed by atoms with Crippen LogP contribution in [-0.2, 0) is 14.4 Å². The van der Waals surface area contributed by atoms with Crippen LogP contribution in [0.4, 0.5) is 13.2 Å². The van der Waals surface area contributed by atoms with E-state index in [0.29, 0.717) is 10.3 Å². The number of carbonyl (C=O) groups is 2. The van der Waals surface area contributed by atoms with Gasteiger partial charge < -0.3 is 0 Å². The molecular weight excluding hydrogens is 407 g/mol. The summed E-state index contributed by atoms with van der Waals surface area (Å²) in [6.45, 7) is 3.82. The molecule has 0 bridgehead atoms. The first-order valence-electron chi connectivity index (χ1n) is 7.55. The summed E-state index contributed by atoms with van der Waals surface area (Å²) < 4.78 is 64.2. The zero-order valence-electron chi connectivity index (χ0n) is 13.9. The van der Waals surface area contributed by atoms with Gasteiger partial charge in [0.15, 0.2) is 0 Å². The highest BCUT2D eigenvalue weighted by Crippen LogP contribution is 2.36.